The van der Waals surface area contributed by atoms with Crippen LogP contribution in [0.1, 0.15) is 25.1 Å². The first-order chi connectivity index (χ1) is 12.2. The predicted octanol–water partition coefficient (Wildman–Crippen LogP) is 0.499. The van der Waals surface area contributed by atoms with Crippen molar-refractivity contribution >= 4 is 12.0 Å². The molecule has 10 heteroatoms. The third kappa shape index (κ3) is 3.90. The zero-order valence-electron chi connectivity index (χ0n) is 13.8. The van der Waals surface area contributed by atoms with Gasteiger partial charge in [-0.05, 0) is 19.3 Å². The fourth-order valence-corrected chi connectivity index (χ4v) is 2.73. The lowest BCUT2D eigenvalue weighted by Crippen LogP contribution is -2.51. The summed E-state index contributed by atoms with van der Waals surface area (Å²) >= 11 is 0. The Labute approximate surface area is 144 Å². The zero-order valence-corrected chi connectivity index (χ0v) is 13.8. The molecule has 0 radical (unpaired) electrons. The molecule has 1 fully saturated rings. The van der Waals surface area contributed by atoms with Gasteiger partial charge in [0.2, 0.25) is 11.7 Å². The Balaban J connectivity index is 1.60. The molecule has 3 heterocycles. The number of amides is 2. The molecular formula is C15H19N7O3. The smallest absolute Gasteiger partial charge is 0.410 e. The summed E-state index contributed by atoms with van der Waals surface area (Å²) in [6.45, 7) is 0.696. The maximum absolute atomic E-state index is 12.4. The third-order valence-corrected chi connectivity index (χ3v) is 3.97. The first kappa shape index (κ1) is 16.8. The number of carbonyl (C=O) groups is 2. The van der Waals surface area contributed by atoms with Crippen LogP contribution in [0.3, 0.4) is 0 Å². The zero-order chi connectivity index (χ0) is 17.6. The Morgan fingerprint density at radius 1 is 1.40 bits per heavy atom. The summed E-state index contributed by atoms with van der Waals surface area (Å²) in [5.41, 5.74) is 0.542. The molecule has 2 aromatic rings. The summed E-state index contributed by atoms with van der Waals surface area (Å²) in [5, 5.41) is 9.60. The van der Waals surface area contributed by atoms with Gasteiger partial charge in [-0.15, -0.1) is 0 Å². The summed E-state index contributed by atoms with van der Waals surface area (Å²) in [7, 11) is 1.31. The number of nitrogens with one attached hydrogen (secondary N) is 2. The van der Waals surface area contributed by atoms with Crippen molar-refractivity contribution in [3.05, 3.63) is 24.4 Å². The van der Waals surface area contributed by atoms with Crippen LogP contribution in [-0.4, -0.2) is 61.7 Å². The molecule has 1 aliphatic heterocycles. The molecule has 0 unspecified atom stereocenters. The number of piperidine rings is 1. The van der Waals surface area contributed by atoms with Gasteiger partial charge in [0.25, 0.3) is 0 Å². The largest absolute Gasteiger partial charge is 0.453 e. The van der Waals surface area contributed by atoms with E-state index in [9.17, 15) is 9.59 Å². The van der Waals surface area contributed by atoms with E-state index in [4.69, 9.17) is 4.74 Å². The Morgan fingerprint density at radius 2 is 2.28 bits per heavy atom. The molecule has 0 saturated carbocycles. The SMILES string of the molecule is COC(=O)N1CCCC[C@H]1C(=O)NCc1nc(-c2cnccn2)n[nH]1. The van der Waals surface area contributed by atoms with Gasteiger partial charge in [-0.2, -0.15) is 5.10 Å². The molecule has 3 rings (SSSR count). The van der Waals surface area contributed by atoms with E-state index in [0.29, 0.717) is 30.3 Å². The molecule has 1 aliphatic rings. The molecule has 2 N–H and O–H groups in total. The van der Waals surface area contributed by atoms with E-state index in [0.717, 1.165) is 12.8 Å². The van der Waals surface area contributed by atoms with Crippen LogP contribution in [0.2, 0.25) is 0 Å². The summed E-state index contributed by atoms with van der Waals surface area (Å²) in [4.78, 5) is 38.1. The van der Waals surface area contributed by atoms with E-state index >= 15 is 0 Å². The van der Waals surface area contributed by atoms with Crippen molar-refractivity contribution in [3.8, 4) is 11.5 Å². The summed E-state index contributed by atoms with van der Waals surface area (Å²) < 4.78 is 4.75. The van der Waals surface area contributed by atoms with Crippen molar-refractivity contribution < 1.29 is 14.3 Å². The van der Waals surface area contributed by atoms with Gasteiger partial charge in [0.05, 0.1) is 19.9 Å². The molecule has 0 bridgehead atoms. The fraction of sp³-hybridized carbons (Fsp3) is 0.467. The van der Waals surface area contributed by atoms with Crippen LogP contribution < -0.4 is 5.32 Å². The van der Waals surface area contributed by atoms with E-state index in [1.165, 1.54) is 12.0 Å². The summed E-state index contributed by atoms with van der Waals surface area (Å²) in [6.07, 6.45) is 6.56. The minimum Gasteiger partial charge on any atom is -0.453 e. The van der Waals surface area contributed by atoms with Crippen LogP contribution >= 0.6 is 0 Å². The number of carbonyl (C=O) groups excluding carboxylic acids is 2. The number of aromatic nitrogens is 5. The van der Waals surface area contributed by atoms with Crippen molar-refractivity contribution in [3.63, 3.8) is 0 Å². The number of likely N-dealkylation sites (tertiary alicyclic amines) is 1. The second-order valence-electron chi connectivity index (χ2n) is 5.59. The standard InChI is InChI=1S/C15H19N7O3/c1-25-15(24)22-7-3-2-4-11(22)14(23)18-9-12-19-13(21-20-12)10-8-16-5-6-17-10/h5-6,8,11H,2-4,7,9H2,1H3,(H,18,23)(H,19,20,21)/t11-/m0/s1. The lowest BCUT2D eigenvalue weighted by molar-refractivity contribution is -0.127. The van der Waals surface area contributed by atoms with Gasteiger partial charge >= 0.3 is 6.09 Å². The average Bonchev–Trinajstić information content (AvgIpc) is 3.15. The van der Waals surface area contributed by atoms with Crippen LogP contribution in [-0.2, 0) is 16.1 Å². The first-order valence-corrected chi connectivity index (χ1v) is 7.99. The van der Waals surface area contributed by atoms with Gasteiger partial charge in [-0.3, -0.25) is 19.8 Å². The van der Waals surface area contributed by atoms with Crippen molar-refractivity contribution in [2.24, 2.45) is 0 Å². The second kappa shape index (κ2) is 7.69. The minimum absolute atomic E-state index is 0.178. The lowest BCUT2D eigenvalue weighted by Gasteiger charge is -2.33. The van der Waals surface area contributed by atoms with Crippen molar-refractivity contribution in [1.29, 1.82) is 0 Å². The van der Waals surface area contributed by atoms with Gasteiger partial charge in [-0.25, -0.2) is 14.8 Å². The molecule has 2 aromatic heterocycles. The van der Waals surface area contributed by atoms with Gasteiger partial charge < -0.3 is 10.1 Å². The summed E-state index contributed by atoms with van der Waals surface area (Å²) in [5.74, 6) is 0.670. The molecule has 0 aromatic carbocycles. The van der Waals surface area contributed by atoms with E-state index in [-0.39, 0.29) is 12.5 Å². The monoisotopic (exact) mass is 345 g/mol. The highest BCUT2D eigenvalue weighted by Gasteiger charge is 2.32. The first-order valence-electron chi connectivity index (χ1n) is 7.99. The highest BCUT2D eigenvalue weighted by Crippen LogP contribution is 2.18. The molecule has 2 amide bonds. The van der Waals surface area contributed by atoms with Crippen molar-refractivity contribution in [2.45, 2.75) is 31.8 Å². The predicted molar refractivity (Wildman–Crippen MR) is 86.0 cm³/mol. The maximum Gasteiger partial charge on any atom is 0.410 e. The highest BCUT2D eigenvalue weighted by atomic mass is 16.5. The maximum atomic E-state index is 12.4. The number of hydrogen-bond acceptors (Lipinski definition) is 7. The fourth-order valence-electron chi connectivity index (χ4n) is 2.73. The molecule has 1 atom stereocenters. The van der Waals surface area contributed by atoms with Gasteiger partial charge in [0.15, 0.2) is 0 Å². The molecular weight excluding hydrogens is 326 g/mol. The van der Waals surface area contributed by atoms with Gasteiger partial charge in [-0.1, -0.05) is 0 Å². The number of aromatic amines is 1. The Kier molecular flexibility index (Phi) is 5.17. The Morgan fingerprint density at radius 3 is 3.04 bits per heavy atom. The number of rotatable bonds is 4. The molecule has 25 heavy (non-hydrogen) atoms. The second-order valence-corrected chi connectivity index (χ2v) is 5.59. The number of nitrogens with zero attached hydrogens (tertiary/aromatic N) is 5. The number of ether oxygens (including phenoxy) is 1. The number of H-pyrrole nitrogens is 1. The van der Waals surface area contributed by atoms with Crippen molar-refractivity contribution in [2.75, 3.05) is 13.7 Å². The molecule has 0 spiro atoms. The van der Waals surface area contributed by atoms with Crippen LogP contribution in [0.15, 0.2) is 18.6 Å². The minimum atomic E-state index is -0.524. The van der Waals surface area contributed by atoms with E-state index in [2.05, 4.69) is 30.5 Å². The number of methoxy groups -OCH3 is 1. The molecule has 132 valence electrons. The van der Waals surface area contributed by atoms with E-state index in [1.807, 2.05) is 0 Å². The quantitative estimate of drug-likeness (QED) is 0.826. The van der Waals surface area contributed by atoms with E-state index < -0.39 is 12.1 Å². The van der Waals surface area contributed by atoms with E-state index in [1.54, 1.807) is 18.6 Å². The van der Waals surface area contributed by atoms with Gasteiger partial charge in [0.1, 0.15) is 17.6 Å². The number of hydrogen-bond donors (Lipinski definition) is 2. The van der Waals surface area contributed by atoms with Crippen molar-refractivity contribution in [1.82, 2.24) is 35.4 Å². The highest BCUT2D eigenvalue weighted by molar-refractivity contribution is 5.85. The van der Waals surface area contributed by atoms with Crippen LogP contribution in [0, 0.1) is 0 Å². The van der Waals surface area contributed by atoms with Crippen LogP contribution in [0.25, 0.3) is 11.5 Å². The molecule has 0 aliphatic carbocycles. The normalized spacial score (nSPS) is 17.2. The van der Waals surface area contributed by atoms with Crippen LogP contribution in [0.4, 0.5) is 4.79 Å². The van der Waals surface area contributed by atoms with Gasteiger partial charge in [0, 0.05) is 18.9 Å². The Bertz CT molecular complexity index is 734. The summed E-state index contributed by atoms with van der Waals surface area (Å²) in [6, 6.07) is -0.524. The molecule has 10 nitrogen and oxygen atoms in total. The third-order valence-electron chi connectivity index (χ3n) is 3.97. The Hall–Kier alpha value is -3.04. The topological polar surface area (TPSA) is 126 Å². The average molecular weight is 345 g/mol. The lowest BCUT2D eigenvalue weighted by atomic mass is 10.0. The van der Waals surface area contributed by atoms with Crippen LogP contribution in [0.5, 0.6) is 0 Å². The molecule has 1 saturated heterocycles.